The van der Waals surface area contributed by atoms with E-state index in [1.165, 1.54) is 23.9 Å². The summed E-state index contributed by atoms with van der Waals surface area (Å²) in [5, 5.41) is 16.2. The quantitative estimate of drug-likeness (QED) is 0.479. The van der Waals surface area contributed by atoms with E-state index in [0.29, 0.717) is 11.0 Å². The summed E-state index contributed by atoms with van der Waals surface area (Å²) in [7, 11) is 3.70. The molecular formula is C21H19FN6OS. The van der Waals surface area contributed by atoms with Crippen molar-refractivity contribution in [2.75, 3.05) is 11.1 Å². The van der Waals surface area contributed by atoms with Crippen LogP contribution in [0.5, 0.6) is 0 Å². The van der Waals surface area contributed by atoms with Crippen molar-refractivity contribution < 1.29 is 9.18 Å². The molecule has 2 heterocycles. The van der Waals surface area contributed by atoms with Gasteiger partial charge in [0, 0.05) is 25.9 Å². The lowest BCUT2D eigenvalue weighted by atomic mass is 10.1. The summed E-state index contributed by atoms with van der Waals surface area (Å²) in [5.41, 5.74) is 2.79. The normalized spacial score (nSPS) is 10.9. The van der Waals surface area contributed by atoms with Crippen molar-refractivity contribution in [3.8, 4) is 22.6 Å². The highest BCUT2D eigenvalue weighted by atomic mass is 32.2. The average Bonchev–Trinajstić information content (AvgIpc) is 3.31. The van der Waals surface area contributed by atoms with E-state index in [2.05, 4.69) is 20.6 Å². The molecule has 0 aliphatic carbocycles. The highest BCUT2D eigenvalue weighted by Crippen LogP contribution is 2.31. The number of benzene rings is 2. The van der Waals surface area contributed by atoms with Crippen LogP contribution in [0.25, 0.3) is 22.6 Å². The topological polar surface area (TPSA) is 77.6 Å². The van der Waals surface area contributed by atoms with Gasteiger partial charge in [-0.3, -0.25) is 9.48 Å². The Labute approximate surface area is 176 Å². The SMILES string of the molecule is Cn1cc(-c2nnc(SCC(=O)Nc3ccccc3F)n2C)c(-c2ccccc2)n1. The number of aromatic nitrogens is 5. The number of carbonyl (C=O) groups excluding carboxylic acids is 1. The van der Waals surface area contributed by atoms with Crippen molar-refractivity contribution in [3.05, 3.63) is 66.6 Å². The second-order valence-corrected chi connectivity index (χ2v) is 7.56. The fourth-order valence-electron chi connectivity index (χ4n) is 3.02. The molecule has 0 aliphatic heterocycles. The third-order valence-electron chi connectivity index (χ3n) is 4.43. The lowest BCUT2D eigenvalue weighted by molar-refractivity contribution is -0.113. The lowest BCUT2D eigenvalue weighted by Crippen LogP contribution is -2.15. The van der Waals surface area contributed by atoms with E-state index in [-0.39, 0.29) is 17.3 Å². The molecule has 9 heteroatoms. The summed E-state index contributed by atoms with van der Waals surface area (Å²) in [5.74, 6) is -0.0550. The van der Waals surface area contributed by atoms with Gasteiger partial charge in [-0.2, -0.15) is 5.10 Å². The van der Waals surface area contributed by atoms with Crippen LogP contribution in [0, 0.1) is 5.82 Å². The largest absolute Gasteiger partial charge is 0.323 e. The number of anilines is 1. The van der Waals surface area contributed by atoms with Crippen LogP contribution in [0.2, 0.25) is 0 Å². The molecule has 2 aromatic carbocycles. The Balaban J connectivity index is 1.51. The first-order valence-corrected chi connectivity index (χ1v) is 10.2. The van der Waals surface area contributed by atoms with Crippen LogP contribution in [0.1, 0.15) is 0 Å². The van der Waals surface area contributed by atoms with Crippen LogP contribution in [-0.2, 0) is 18.9 Å². The average molecular weight is 422 g/mol. The number of amides is 1. The second-order valence-electron chi connectivity index (χ2n) is 6.61. The van der Waals surface area contributed by atoms with Gasteiger partial charge in [-0.15, -0.1) is 10.2 Å². The summed E-state index contributed by atoms with van der Waals surface area (Å²) in [4.78, 5) is 12.2. The zero-order valence-corrected chi connectivity index (χ0v) is 17.2. The van der Waals surface area contributed by atoms with E-state index in [1.807, 2.05) is 55.2 Å². The molecule has 7 nitrogen and oxygen atoms in total. The van der Waals surface area contributed by atoms with Crippen molar-refractivity contribution in [2.24, 2.45) is 14.1 Å². The molecule has 1 N–H and O–H groups in total. The van der Waals surface area contributed by atoms with Crippen molar-refractivity contribution in [1.82, 2.24) is 24.5 Å². The lowest BCUT2D eigenvalue weighted by Gasteiger charge is -2.06. The minimum Gasteiger partial charge on any atom is -0.323 e. The maximum absolute atomic E-state index is 13.7. The number of hydrogen-bond donors (Lipinski definition) is 1. The summed E-state index contributed by atoms with van der Waals surface area (Å²) in [6.45, 7) is 0. The highest BCUT2D eigenvalue weighted by Gasteiger charge is 2.19. The van der Waals surface area contributed by atoms with Gasteiger partial charge in [-0.1, -0.05) is 54.2 Å². The summed E-state index contributed by atoms with van der Waals surface area (Å²) in [6, 6.07) is 15.9. The van der Waals surface area contributed by atoms with Crippen LogP contribution in [0.15, 0.2) is 66.0 Å². The maximum atomic E-state index is 13.7. The van der Waals surface area contributed by atoms with Crippen LogP contribution in [0.4, 0.5) is 10.1 Å². The van der Waals surface area contributed by atoms with Gasteiger partial charge >= 0.3 is 0 Å². The van der Waals surface area contributed by atoms with Gasteiger partial charge < -0.3 is 9.88 Å². The fraction of sp³-hybridized carbons (Fsp3) is 0.143. The second kappa shape index (κ2) is 8.50. The summed E-state index contributed by atoms with van der Waals surface area (Å²) < 4.78 is 17.3. The number of para-hydroxylation sites is 1. The predicted molar refractivity (Wildman–Crippen MR) is 114 cm³/mol. The van der Waals surface area contributed by atoms with Gasteiger partial charge in [0.1, 0.15) is 11.5 Å². The Kier molecular flexibility index (Phi) is 5.62. The number of nitrogens with one attached hydrogen (secondary N) is 1. The van der Waals surface area contributed by atoms with Gasteiger partial charge in [0.25, 0.3) is 0 Å². The van der Waals surface area contributed by atoms with E-state index < -0.39 is 5.82 Å². The first-order valence-electron chi connectivity index (χ1n) is 9.19. The van der Waals surface area contributed by atoms with Crippen molar-refractivity contribution >= 4 is 23.4 Å². The number of nitrogens with zero attached hydrogens (tertiary/aromatic N) is 5. The smallest absolute Gasteiger partial charge is 0.234 e. The number of thioether (sulfide) groups is 1. The predicted octanol–water partition coefficient (Wildman–Crippen LogP) is 3.75. The molecule has 4 rings (SSSR count). The molecule has 0 bridgehead atoms. The van der Waals surface area contributed by atoms with Gasteiger partial charge in [-0.25, -0.2) is 4.39 Å². The molecule has 0 unspecified atom stereocenters. The first kappa shape index (κ1) is 19.8. The minimum atomic E-state index is -0.471. The molecule has 2 aromatic heterocycles. The van der Waals surface area contributed by atoms with Crippen LogP contribution in [0.3, 0.4) is 0 Å². The van der Waals surface area contributed by atoms with Crippen LogP contribution < -0.4 is 5.32 Å². The molecular weight excluding hydrogens is 403 g/mol. The summed E-state index contributed by atoms with van der Waals surface area (Å²) in [6.07, 6.45) is 1.89. The Morgan fingerprint density at radius 2 is 1.80 bits per heavy atom. The van der Waals surface area contributed by atoms with Crippen molar-refractivity contribution in [1.29, 1.82) is 0 Å². The number of rotatable bonds is 6. The van der Waals surface area contributed by atoms with Crippen molar-refractivity contribution in [2.45, 2.75) is 5.16 Å². The molecule has 0 saturated carbocycles. The standard InChI is InChI=1S/C21H19FN6OS/c1-27-12-15(19(26-27)14-8-4-3-5-9-14)20-24-25-21(28(20)2)30-13-18(29)23-17-11-7-6-10-16(17)22/h3-12H,13H2,1-2H3,(H,23,29). The Morgan fingerprint density at radius 1 is 1.07 bits per heavy atom. The molecule has 0 saturated heterocycles. The zero-order valence-electron chi connectivity index (χ0n) is 16.4. The summed E-state index contributed by atoms with van der Waals surface area (Å²) >= 11 is 1.23. The van der Waals surface area contributed by atoms with Crippen molar-refractivity contribution in [3.63, 3.8) is 0 Å². The third-order valence-corrected chi connectivity index (χ3v) is 5.45. The van der Waals surface area contributed by atoms with E-state index in [4.69, 9.17) is 0 Å². The molecule has 4 aromatic rings. The van der Waals surface area contributed by atoms with Gasteiger partial charge in [0.15, 0.2) is 11.0 Å². The number of aryl methyl sites for hydroxylation is 1. The molecule has 0 fully saturated rings. The van der Waals surface area contributed by atoms with Crippen LogP contribution in [-0.4, -0.2) is 36.2 Å². The van der Waals surface area contributed by atoms with E-state index >= 15 is 0 Å². The van der Waals surface area contributed by atoms with E-state index in [0.717, 1.165) is 16.8 Å². The Morgan fingerprint density at radius 3 is 2.57 bits per heavy atom. The van der Waals surface area contributed by atoms with Gasteiger partial charge in [-0.05, 0) is 12.1 Å². The first-order chi connectivity index (χ1) is 14.5. The number of carbonyl (C=O) groups is 1. The molecule has 30 heavy (non-hydrogen) atoms. The highest BCUT2D eigenvalue weighted by molar-refractivity contribution is 7.99. The fourth-order valence-corrected chi connectivity index (χ4v) is 3.73. The maximum Gasteiger partial charge on any atom is 0.234 e. The molecule has 0 atom stereocenters. The number of hydrogen-bond acceptors (Lipinski definition) is 5. The van der Waals surface area contributed by atoms with Crippen LogP contribution >= 0.6 is 11.8 Å². The monoisotopic (exact) mass is 422 g/mol. The molecule has 1 amide bonds. The van der Waals surface area contributed by atoms with Gasteiger partial charge in [0.05, 0.1) is 17.0 Å². The van der Waals surface area contributed by atoms with Gasteiger partial charge in [0.2, 0.25) is 5.91 Å². The third kappa shape index (κ3) is 4.11. The molecule has 0 spiro atoms. The molecule has 0 aliphatic rings. The molecule has 152 valence electrons. The Bertz CT molecular complexity index is 1190. The van der Waals surface area contributed by atoms with E-state index in [1.54, 1.807) is 16.8 Å². The Hall–Kier alpha value is -3.46. The molecule has 0 radical (unpaired) electrons. The zero-order chi connectivity index (χ0) is 21.1. The van der Waals surface area contributed by atoms with E-state index in [9.17, 15) is 9.18 Å². The minimum absolute atomic E-state index is 0.0822. The number of halogens is 1.